The number of benzene rings is 11. The van der Waals surface area contributed by atoms with Crippen molar-refractivity contribution in [3.05, 3.63) is 378 Å². The lowest BCUT2D eigenvalue weighted by molar-refractivity contribution is -0.395. The number of sulfonamides is 2. The number of hydrogen-bond acceptors (Lipinski definition) is 23. The lowest BCUT2D eigenvalue weighted by Gasteiger charge is -2.53. The van der Waals surface area contributed by atoms with E-state index < -0.39 is 169 Å². The van der Waals surface area contributed by atoms with Gasteiger partial charge in [-0.25, -0.2) is 26.3 Å². The van der Waals surface area contributed by atoms with Gasteiger partial charge in [-0.15, -0.1) is 0 Å². The summed E-state index contributed by atoms with van der Waals surface area (Å²) >= 11 is 0. The van der Waals surface area contributed by atoms with Gasteiger partial charge in [0.1, 0.15) is 97.2 Å². The van der Waals surface area contributed by atoms with Gasteiger partial charge in [0, 0.05) is 5.56 Å². The van der Waals surface area contributed by atoms with Crippen molar-refractivity contribution in [1.82, 2.24) is 9.44 Å². The Bertz CT molecular complexity index is 5580. The number of rotatable bonds is 42. The maximum Gasteiger partial charge on any atom is 0.241 e. The average Bonchev–Trinajstić information content (AvgIpc) is 0.743. The van der Waals surface area contributed by atoms with E-state index in [2.05, 4.69) is 30.2 Å². The highest BCUT2D eigenvalue weighted by molar-refractivity contribution is 7.89. The van der Waals surface area contributed by atoms with Crippen molar-refractivity contribution < 1.29 is 107 Å². The van der Waals surface area contributed by atoms with Crippen LogP contribution in [0.25, 0.3) is 0 Å². The standard InChI is InChI=1S/C106H120N2O23S2Si/c1-73-91(115-63-75-40-20-9-21-41-75)97(118-66-78-46-26-12-27-47-78)99(120-67-79-48-28-13-29-49-79)104(124-73)123-72-87-93(96(117-65-77-44-24-11-25-45-77)90(103(126-87)131-134(6,7)106(2,3)4)108-133(111,112)85-56-36-17-37-57-85)129-102-89(107-132(109,110)84-54-34-16-35-55-84)95(116-64-76-42-22-10-23-43-76)92(86(125-102)70-114-62-74-38-18-8-19-39-74)130-105-100(121-68-80-50-30-14-31-51-80)98(119-69-81-58-60-83(113-5)61-59-81)94-88(127-105)71-122-101(128-94)82-52-32-15-33-53-82/h8-61,73,86-105,107-108H,62-72H2,1-7H3/t73-,86?,87?,88?,89?,90?,91+,92+,93+,94+,95+,96-,97?,98-,99?,100?,101?,102-,103-,104+,105-/m0/s1. The molecule has 5 saturated heterocycles. The third kappa shape index (κ3) is 25.7. The molecule has 134 heavy (non-hydrogen) atoms. The van der Waals surface area contributed by atoms with E-state index in [4.69, 9.17) is 89.7 Å². The molecule has 5 aliphatic heterocycles. The van der Waals surface area contributed by atoms with Crippen LogP contribution in [0.5, 0.6) is 5.75 Å². The zero-order valence-corrected chi connectivity index (χ0v) is 78.9. The molecule has 0 aromatic heterocycles. The first kappa shape index (κ1) is 97.6. The molecular weight excluding hydrogens is 1760 g/mol. The zero-order chi connectivity index (χ0) is 92.9. The summed E-state index contributed by atoms with van der Waals surface area (Å²) < 4.78 is 208. The topological polar surface area (TPSA) is 268 Å². The predicted octanol–water partition coefficient (Wildman–Crippen LogP) is 16.8. The normalized spacial score (nSPS) is 26.9. The van der Waals surface area contributed by atoms with E-state index >= 15 is 16.8 Å². The van der Waals surface area contributed by atoms with Gasteiger partial charge in [-0.1, -0.05) is 312 Å². The Labute approximate surface area is 787 Å². The molecule has 708 valence electrons. The molecule has 21 atom stereocenters. The Morgan fingerprint density at radius 3 is 1.13 bits per heavy atom. The average molecular weight is 1880 g/mol. The van der Waals surface area contributed by atoms with Crippen LogP contribution in [0.3, 0.4) is 0 Å². The van der Waals surface area contributed by atoms with Crippen LogP contribution in [0.4, 0.5) is 0 Å². The Morgan fingerprint density at radius 2 is 0.694 bits per heavy atom. The Morgan fingerprint density at radius 1 is 0.343 bits per heavy atom. The Kier molecular flexibility index (Phi) is 33.9. The molecular formula is C106H120N2O23S2Si. The molecule has 2 N–H and O–H groups in total. The number of hydrogen-bond donors (Lipinski definition) is 2. The van der Waals surface area contributed by atoms with Gasteiger partial charge in [-0.3, -0.25) is 0 Å². The highest BCUT2D eigenvalue weighted by Gasteiger charge is 2.60. The number of ether oxygens (including phenoxy) is 18. The fourth-order valence-corrected chi connectivity index (χ4v) is 20.5. The minimum atomic E-state index is -4.75. The molecule has 9 unspecified atom stereocenters. The van der Waals surface area contributed by atoms with Gasteiger partial charge in [0.2, 0.25) is 20.0 Å². The van der Waals surface area contributed by atoms with Crippen LogP contribution in [0.15, 0.2) is 337 Å². The summed E-state index contributed by atoms with van der Waals surface area (Å²) in [5.41, 5.74) is 7.22. The van der Waals surface area contributed by atoms with Gasteiger partial charge in [-0.2, -0.15) is 0 Å². The second-order valence-electron chi connectivity index (χ2n) is 35.5. The van der Waals surface area contributed by atoms with Crippen molar-refractivity contribution in [1.29, 1.82) is 0 Å². The van der Waals surface area contributed by atoms with Crippen LogP contribution in [-0.4, -0.2) is 175 Å². The molecule has 16 rings (SSSR count). The third-order valence-electron chi connectivity index (χ3n) is 25.0. The van der Waals surface area contributed by atoms with Gasteiger partial charge in [-0.05, 0) is 106 Å². The number of fused-ring (bicyclic) bond motifs is 1. The highest BCUT2D eigenvalue weighted by Crippen LogP contribution is 2.45. The van der Waals surface area contributed by atoms with Gasteiger partial charge >= 0.3 is 0 Å². The van der Waals surface area contributed by atoms with E-state index in [1.807, 2.05) is 287 Å². The first-order valence-corrected chi connectivity index (χ1v) is 51.5. The molecule has 5 aliphatic rings. The summed E-state index contributed by atoms with van der Waals surface area (Å²) in [6, 6.07) is 97.3. The molecule has 11 aromatic carbocycles. The quantitative estimate of drug-likeness (QED) is 0.0337. The smallest absolute Gasteiger partial charge is 0.241 e. The van der Waals surface area contributed by atoms with Gasteiger partial charge < -0.3 is 89.7 Å². The summed E-state index contributed by atoms with van der Waals surface area (Å²) in [5.74, 6) is 0.652. The number of nitrogens with one attached hydrogen (secondary N) is 2. The van der Waals surface area contributed by atoms with Crippen LogP contribution in [-0.2, 0) is 158 Å². The van der Waals surface area contributed by atoms with E-state index in [0.717, 1.165) is 38.9 Å². The fraction of sp³-hybridized carbons (Fsp3) is 0.377. The van der Waals surface area contributed by atoms with Crippen molar-refractivity contribution in [2.45, 2.75) is 237 Å². The minimum absolute atomic E-state index is 0.0161. The third-order valence-corrected chi connectivity index (χ3v) is 32.4. The SMILES string of the molecule is COc1ccc(CO[C@@H]2C(OCc3ccccc3)[C@H](O[C@@H]3C(COCc4ccccc4)O[C@@H](O[C@@H]4C(CO[C@@H]5O[C@@H](C)[C@@H](OCc6ccccc6)C(OCc6ccccc6)C5OCc5ccccc5)O[C@@H](O[Si](C)(C)C(C)(C)C)C(NS(=O)(=O)c5ccccc5)[C@@H]4OCc4ccccc4)C(NS(=O)(=O)c4ccccc4)[C@H]3OCc3ccccc3)OC3COC(c4ccccc4)O[C@H]32)cc1. The summed E-state index contributed by atoms with van der Waals surface area (Å²) in [6.07, 6.45) is -23.3. The second kappa shape index (κ2) is 46.6. The predicted molar refractivity (Wildman–Crippen MR) is 503 cm³/mol. The molecule has 0 bridgehead atoms. The van der Waals surface area contributed by atoms with Crippen molar-refractivity contribution in [2.75, 3.05) is 26.9 Å². The Balaban J connectivity index is 0.861. The summed E-state index contributed by atoms with van der Waals surface area (Å²) in [4.78, 5) is -0.211. The largest absolute Gasteiger partial charge is 0.497 e. The molecule has 11 aromatic rings. The fourth-order valence-electron chi connectivity index (χ4n) is 16.8. The van der Waals surface area contributed by atoms with Crippen molar-refractivity contribution >= 4 is 28.4 Å². The Hall–Kier alpha value is -9.46. The van der Waals surface area contributed by atoms with E-state index in [0.29, 0.717) is 16.9 Å². The van der Waals surface area contributed by atoms with Gasteiger partial charge in [0.25, 0.3) is 0 Å². The van der Waals surface area contributed by atoms with Crippen molar-refractivity contribution in [2.24, 2.45) is 0 Å². The molecule has 28 heteroatoms. The first-order chi connectivity index (χ1) is 65.2. The van der Waals surface area contributed by atoms with Gasteiger partial charge in [0.05, 0.1) is 95.7 Å². The highest BCUT2D eigenvalue weighted by atomic mass is 32.2. The number of methoxy groups -OCH3 is 1. The molecule has 0 amide bonds. The van der Waals surface area contributed by atoms with Crippen molar-refractivity contribution in [3.63, 3.8) is 0 Å². The van der Waals surface area contributed by atoms with Crippen LogP contribution >= 0.6 is 0 Å². The molecule has 0 radical (unpaired) electrons. The molecule has 25 nitrogen and oxygen atoms in total. The van der Waals surface area contributed by atoms with E-state index in [9.17, 15) is 0 Å². The summed E-state index contributed by atoms with van der Waals surface area (Å²) in [6.45, 7) is 11.6. The van der Waals surface area contributed by atoms with Crippen LogP contribution < -0.4 is 14.2 Å². The van der Waals surface area contributed by atoms with E-state index in [1.165, 1.54) is 24.3 Å². The summed E-state index contributed by atoms with van der Waals surface area (Å²) in [5, 5.41) is -0.529. The van der Waals surface area contributed by atoms with Crippen molar-refractivity contribution in [3.8, 4) is 5.75 Å². The minimum Gasteiger partial charge on any atom is -0.497 e. The molecule has 0 saturated carbocycles. The van der Waals surface area contributed by atoms with Crippen LogP contribution in [0.2, 0.25) is 18.1 Å². The summed E-state index contributed by atoms with van der Waals surface area (Å²) in [7, 11) is -10.9. The molecule has 5 fully saturated rings. The lowest BCUT2D eigenvalue weighted by atomic mass is 9.94. The maximum atomic E-state index is 16.2. The lowest BCUT2D eigenvalue weighted by Crippen LogP contribution is -2.71. The van der Waals surface area contributed by atoms with Gasteiger partial charge in [0.15, 0.2) is 39.8 Å². The monoisotopic (exact) mass is 1880 g/mol. The van der Waals surface area contributed by atoms with Crippen LogP contribution in [0.1, 0.15) is 84.1 Å². The molecule has 0 spiro atoms. The van der Waals surface area contributed by atoms with Crippen LogP contribution in [0, 0.1) is 0 Å². The molecule has 0 aliphatic carbocycles. The maximum absolute atomic E-state index is 16.2. The first-order valence-electron chi connectivity index (χ1n) is 45.6. The van der Waals surface area contributed by atoms with E-state index in [1.54, 1.807) is 43.5 Å². The van der Waals surface area contributed by atoms with E-state index in [-0.39, 0.29) is 75.9 Å². The molecule has 5 heterocycles. The zero-order valence-electron chi connectivity index (χ0n) is 76.3. The second-order valence-corrected chi connectivity index (χ2v) is 43.7.